The molecule has 5 heteroatoms. The van der Waals surface area contributed by atoms with E-state index in [1.807, 2.05) is 0 Å². The zero-order valence-electron chi connectivity index (χ0n) is 7.59. The third-order valence-corrected chi connectivity index (χ3v) is 1.93. The van der Waals surface area contributed by atoms with Gasteiger partial charge in [0.25, 0.3) is 5.69 Å². The molecule has 0 fully saturated rings. The van der Waals surface area contributed by atoms with E-state index in [0.717, 1.165) is 0 Å². The Hall–Kier alpha value is -1.46. The van der Waals surface area contributed by atoms with Crippen LogP contribution in [0, 0.1) is 10.1 Å². The molecule has 0 bridgehead atoms. The lowest BCUT2D eigenvalue weighted by Crippen LogP contribution is -2.08. The monoisotopic (exact) mass is 196 g/mol. The molecule has 76 valence electrons. The molecule has 0 unspecified atom stereocenters. The Labute approximate surface area is 81.3 Å². The summed E-state index contributed by atoms with van der Waals surface area (Å²) < 4.78 is 0. The summed E-state index contributed by atoms with van der Waals surface area (Å²) in [6.45, 7) is 0.299. The number of nitrogens with two attached hydrogens (primary N) is 1. The van der Waals surface area contributed by atoms with Gasteiger partial charge in [-0.15, -0.1) is 0 Å². The van der Waals surface area contributed by atoms with Gasteiger partial charge in [0, 0.05) is 6.07 Å². The van der Waals surface area contributed by atoms with Gasteiger partial charge < -0.3 is 10.8 Å². The normalized spacial score (nSPS) is 12.4. The molecule has 0 spiro atoms. The molecule has 0 amide bonds. The van der Waals surface area contributed by atoms with Crippen molar-refractivity contribution in [2.24, 2.45) is 5.73 Å². The van der Waals surface area contributed by atoms with Crippen molar-refractivity contribution in [3.63, 3.8) is 0 Å². The highest BCUT2D eigenvalue weighted by Crippen LogP contribution is 2.26. The van der Waals surface area contributed by atoms with E-state index in [1.54, 1.807) is 18.2 Å². The molecule has 0 saturated carbocycles. The molecule has 0 aliphatic heterocycles. The second kappa shape index (κ2) is 4.69. The summed E-state index contributed by atoms with van der Waals surface area (Å²) in [7, 11) is 0. The predicted molar refractivity (Wildman–Crippen MR) is 51.7 cm³/mol. The third-order valence-electron chi connectivity index (χ3n) is 1.93. The van der Waals surface area contributed by atoms with Gasteiger partial charge in [0.2, 0.25) is 0 Å². The quantitative estimate of drug-likeness (QED) is 0.554. The zero-order chi connectivity index (χ0) is 10.6. The lowest BCUT2D eigenvalue weighted by Gasteiger charge is -2.09. The number of rotatable bonds is 4. The lowest BCUT2D eigenvalue weighted by molar-refractivity contribution is -0.386. The van der Waals surface area contributed by atoms with Crippen LogP contribution < -0.4 is 5.73 Å². The Morgan fingerprint density at radius 3 is 2.71 bits per heavy atom. The van der Waals surface area contributed by atoms with Gasteiger partial charge in [-0.3, -0.25) is 10.1 Å². The van der Waals surface area contributed by atoms with E-state index in [-0.39, 0.29) is 5.69 Å². The average Bonchev–Trinajstić information content (AvgIpc) is 2.18. The van der Waals surface area contributed by atoms with Crippen LogP contribution in [0.5, 0.6) is 0 Å². The highest BCUT2D eigenvalue weighted by molar-refractivity contribution is 5.41. The van der Waals surface area contributed by atoms with E-state index in [2.05, 4.69) is 0 Å². The number of aliphatic hydroxyl groups excluding tert-OH is 1. The van der Waals surface area contributed by atoms with Crippen LogP contribution in [-0.4, -0.2) is 16.6 Å². The summed E-state index contributed by atoms with van der Waals surface area (Å²) in [5, 5.41) is 20.2. The number of benzene rings is 1. The first-order valence-corrected chi connectivity index (χ1v) is 4.28. The van der Waals surface area contributed by atoms with E-state index < -0.39 is 11.0 Å². The van der Waals surface area contributed by atoms with Gasteiger partial charge in [-0.2, -0.15) is 0 Å². The standard InChI is InChI=1S/C9H12N2O3/c10-6-5-9(12)7-3-1-2-4-8(7)11(13)14/h1-4,9,12H,5-6,10H2/t9-/m1/s1. The van der Waals surface area contributed by atoms with Gasteiger partial charge in [-0.25, -0.2) is 0 Å². The molecule has 0 aliphatic carbocycles. The van der Waals surface area contributed by atoms with Crippen molar-refractivity contribution in [1.82, 2.24) is 0 Å². The van der Waals surface area contributed by atoms with Crippen molar-refractivity contribution < 1.29 is 10.0 Å². The van der Waals surface area contributed by atoms with Crippen LogP contribution in [0.1, 0.15) is 18.1 Å². The average molecular weight is 196 g/mol. The summed E-state index contributed by atoms with van der Waals surface area (Å²) in [5.74, 6) is 0. The minimum atomic E-state index is -0.860. The van der Waals surface area contributed by atoms with Crippen LogP contribution in [0.4, 0.5) is 5.69 Å². The Kier molecular flexibility index (Phi) is 3.55. The maximum Gasteiger partial charge on any atom is 0.275 e. The van der Waals surface area contributed by atoms with Crippen molar-refractivity contribution in [3.8, 4) is 0 Å². The van der Waals surface area contributed by atoms with Crippen LogP contribution in [0.15, 0.2) is 24.3 Å². The molecule has 5 nitrogen and oxygen atoms in total. The highest BCUT2D eigenvalue weighted by atomic mass is 16.6. The molecule has 1 aromatic carbocycles. The van der Waals surface area contributed by atoms with E-state index in [1.165, 1.54) is 6.07 Å². The molecule has 1 atom stereocenters. The second-order valence-corrected chi connectivity index (χ2v) is 2.91. The smallest absolute Gasteiger partial charge is 0.275 e. The van der Waals surface area contributed by atoms with Crippen LogP contribution in [0.25, 0.3) is 0 Å². The van der Waals surface area contributed by atoms with Gasteiger partial charge in [0.1, 0.15) is 0 Å². The van der Waals surface area contributed by atoms with E-state index in [4.69, 9.17) is 5.73 Å². The van der Waals surface area contributed by atoms with E-state index >= 15 is 0 Å². The molecule has 0 heterocycles. The molecule has 0 saturated heterocycles. The molecule has 0 aliphatic rings. The maximum atomic E-state index is 10.6. The zero-order valence-corrected chi connectivity index (χ0v) is 7.59. The Morgan fingerprint density at radius 1 is 1.50 bits per heavy atom. The highest BCUT2D eigenvalue weighted by Gasteiger charge is 2.18. The number of nitro benzene ring substituents is 1. The van der Waals surface area contributed by atoms with Crippen molar-refractivity contribution in [3.05, 3.63) is 39.9 Å². The summed E-state index contributed by atoms with van der Waals surface area (Å²) in [4.78, 5) is 10.1. The second-order valence-electron chi connectivity index (χ2n) is 2.91. The lowest BCUT2D eigenvalue weighted by atomic mass is 10.0. The molecule has 14 heavy (non-hydrogen) atoms. The van der Waals surface area contributed by atoms with Crippen molar-refractivity contribution in [2.45, 2.75) is 12.5 Å². The molecular weight excluding hydrogens is 184 g/mol. The van der Waals surface area contributed by atoms with E-state index in [9.17, 15) is 15.2 Å². The topological polar surface area (TPSA) is 89.4 Å². The molecule has 1 rings (SSSR count). The van der Waals surface area contributed by atoms with Crippen molar-refractivity contribution >= 4 is 5.69 Å². The molecule has 0 aromatic heterocycles. The van der Waals surface area contributed by atoms with Crippen molar-refractivity contribution in [2.75, 3.05) is 6.54 Å². The van der Waals surface area contributed by atoms with Gasteiger partial charge in [0.05, 0.1) is 16.6 Å². The fourth-order valence-electron chi connectivity index (χ4n) is 1.25. The van der Waals surface area contributed by atoms with Crippen LogP contribution >= 0.6 is 0 Å². The fourth-order valence-corrected chi connectivity index (χ4v) is 1.25. The molecule has 0 radical (unpaired) electrons. The fraction of sp³-hybridized carbons (Fsp3) is 0.333. The largest absolute Gasteiger partial charge is 0.388 e. The number of hydrogen-bond acceptors (Lipinski definition) is 4. The first-order valence-electron chi connectivity index (χ1n) is 4.28. The summed E-state index contributed by atoms with van der Waals surface area (Å²) in [5.41, 5.74) is 5.52. The van der Waals surface area contributed by atoms with Crippen LogP contribution in [0.2, 0.25) is 0 Å². The minimum Gasteiger partial charge on any atom is -0.388 e. The van der Waals surface area contributed by atoms with Crippen LogP contribution in [0.3, 0.4) is 0 Å². The number of nitro groups is 1. The SMILES string of the molecule is NCC[C@@H](O)c1ccccc1[N+](=O)[O-]. The van der Waals surface area contributed by atoms with E-state index in [0.29, 0.717) is 18.5 Å². The Balaban J connectivity index is 3.00. The first kappa shape index (κ1) is 10.6. The molecule has 3 N–H and O–H groups in total. The van der Waals surface area contributed by atoms with Crippen molar-refractivity contribution in [1.29, 1.82) is 0 Å². The minimum absolute atomic E-state index is 0.0616. The number of para-hydroxylation sites is 1. The first-order chi connectivity index (χ1) is 6.66. The van der Waals surface area contributed by atoms with Gasteiger partial charge in [-0.1, -0.05) is 12.1 Å². The maximum absolute atomic E-state index is 10.6. The van der Waals surface area contributed by atoms with Crippen LogP contribution in [-0.2, 0) is 0 Å². The summed E-state index contributed by atoms with van der Waals surface area (Å²) in [6.07, 6.45) is -0.535. The summed E-state index contributed by atoms with van der Waals surface area (Å²) >= 11 is 0. The van der Waals surface area contributed by atoms with Gasteiger partial charge in [0.15, 0.2) is 0 Å². The Bertz CT molecular complexity index is 328. The number of hydrogen-bond donors (Lipinski definition) is 2. The third kappa shape index (κ3) is 2.27. The molecule has 1 aromatic rings. The van der Waals surface area contributed by atoms with Gasteiger partial charge in [-0.05, 0) is 19.0 Å². The molecular formula is C9H12N2O3. The number of aliphatic hydroxyl groups is 1. The van der Waals surface area contributed by atoms with Gasteiger partial charge >= 0.3 is 0 Å². The Morgan fingerprint density at radius 2 is 2.14 bits per heavy atom. The predicted octanol–water partition coefficient (Wildman–Crippen LogP) is 0.977. The number of nitrogens with zero attached hydrogens (tertiary/aromatic N) is 1. The summed E-state index contributed by atoms with van der Waals surface area (Å²) in [6, 6.07) is 6.13.